The van der Waals surface area contributed by atoms with Crippen LogP contribution in [0.1, 0.15) is 48.1 Å². The third-order valence-electron chi connectivity index (χ3n) is 7.56. The number of aryl methyl sites for hydroxylation is 1. The van der Waals surface area contributed by atoms with E-state index in [1.165, 1.54) is 19.2 Å². The van der Waals surface area contributed by atoms with Crippen molar-refractivity contribution in [2.24, 2.45) is 0 Å². The Morgan fingerprint density at radius 1 is 1.09 bits per heavy atom. The summed E-state index contributed by atoms with van der Waals surface area (Å²) in [6.45, 7) is 5.70. The number of ether oxygens (including phenoxy) is 2. The summed E-state index contributed by atoms with van der Waals surface area (Å²) in [4.78, 5) is 30.0. The van der Waals surface area contributed by atoms with Gasteiger partial charge < -0.3 is 29.6 Å². The van der Waals surface area contributed by atoms with Gasteiger partial charge >= 0.3 is 0 Å². The van der Waals surface area contributed by atoms with Crippen LogP contribution in [0.3, 0.4) is 0 Å². The number of aromatic nitrogens is 2. The molecule has 2 atom stereocenters. The third kappa shape index (κ3) is 5.48. The van der Waals surface area contributed by atoms with Crippen molar-refractivity contribution in [1.82, 2.24) is 14.9 Å². The van der Waals surface area contributed by atoms with Gasteiger partial charge in [0.1, 0.15) is 11.5 Å². The van der Waals surface area contributed by atoms with Crippen LogP contribution >= 0.6 is 12.2 Å². The number of carbonyl (C=O) groups excluding carboxylic acids is 1. The molecular weight excluding hydrogens is 568 g/mol. The molecule has 2 aromatic heterocycles. The topological polar surface area (TPSA) is 124 Å². The van der Waals surface area contributed by atoms with Crippen LogP contribution in [-0.2, 0) is 4.79 Å². The average Bonchev–Trinajstić information content (AvgIpc) is 3.51. The molecule has 3 heterocycles. The van der Waals surface area contributed by atoms with Crippen molar-refractivity contribution in [3.8, 4) is 17.2 Å². The standard InChI is InChI=1S/C31H32N6O5S/c1-6-28(38)33-23-12-10-20(17-27(23)42-5)36-30(29(34-31(36)43)24-9-7-8-14-32-24)22-15-18(2)35(19(22)3)25-16-21(37(39)40)11-13-26(25)41-4/h7-17,29-30H,6H2,1-5H3,(H,33,38)(H,34,43)/t29-,30+/m0/s1. The van der Waals surface area contributed by atoms with Crippen LogP contribution in [0.4, 0.5) is 17.1 Å². The number of methoxy groups -OCH3 is 2. The van der Waals surface area contributed by atoms with E-state index in [0.29, 0.717) is 34.4 Å². The Hall–Kier alpha value is -4.97. The number of nitrogens with one attached hydrogen (secondary N) is 2. The van der Waals surface area contributed by atoms with Gasteiger partial charge in [-0.3, -0.25) is 19.9 Å². The zero-order chi connectivity index (χ0) is 30.8. The van der Waals surface area contributed by atoms with Crippen molar-refractivity contribution in [1.29, 1.82) is 0 Å². The molecule has 0 saturated carbocycles. The molecule has 0 aliphatic carbocycles. The molecule has 1 saturated heterocycles. The minimum absolute atomic E-state index is 0.0381. The first-order chi connectivity index (χ1) is 20.7. The summed E-state index contributed by atoms with van der Waals surface area (Å²) in [6.07, 6.45) is 2.08. The summed E-state index contributed by atoms with van der Waals surface area (Å²) in [7, 11) is 3.09. The average molecular weight is 601 g/mol. The summed E-state index contributed by atoms with van der Waals surface area (Å²) >= 11 is 5.91. The highest BCUT2D eigenvalue weighted by molar-refractivity contribution is 7.80. The molecule has 43 heavy (non-hydrogen) atoms. The largest absolute Gasteiger partial charge is 0.495 e. The van der Waals surface area contributed by atoms with Crippen LogP contribution in [-0.4, -0.2) is 39.7 Å². The Morgan fingerprint density at radius 2 is 1.86 bits per heavy atom. The maximum absolute atomic E-state index is 12.1. The first-order valence-corrected chi connectivity index (χ1v) is 14.1. The number of thiocarbonyl (C=S) groups is 1. The molecule has 0 bridgehead atoms. The van der Waals surface area contributed by atoms with Crippen molar-refractivity contribution in [2.75, 3.05) is 24.4 Å². The first kappa shape index (κ1) is 29.5. The van der Waals surface area contributed by atoms with Gasteiger partial charge in [0.15, 0.2) is 5.11 Å². The van der Waals surface area contributed by atoms with Gasteiger partial charge in [-0.25, -0.2) is 0 Å². The number of anilines is 2. The number of hydrogen-bond acceptors (Lipinski definition) is 7. The van der Waals surface area contributed by atoms with E-state index in [2.05, 4.69) is 21.7 Å². The number of benzene rings is 2. The maximum atomic E-state index is 12.1. The Morgan fingerprint density at radius 3 is 2.51 bits per heavy atom. The fraction of sp³-hybridized carbons (Fsp3) is 0.258. The van der Waals surface area contributed by atoms with Crippen LogP contribution in [0.2, 0.25) is 0 Å². The van der Waals surface area contributed by atoms with Gasteiger partial charge in [-0.2, -0.15) is 0 Å². The SMILES string of the molecule is CCC(=O)Nc1ccc(N2C(=S)N[C@@H](c3ccccn3)[C@H]2c2cc(C)n(-c3cc([N+](=O)[O-])ccc3OC)c2C)cc1OC. The monoisotopic (exact) mass is 600 g/mol. The van der Waals surface area contributed by atoms with E-state index in [1.807, 2.05) is 53.6 Å². The molecule has 0 spiro atoms. The van der Waals surface area contributed by atoms with Gasteiger partial charge in [0.05, 0.1) is 48.3 Å². The Labute approximate surface area is 254 Å². The highest BCUT2D eigenvalue weighted by Gasteiger charge is 2.42. The summed E-state index contributed by atoms with van der Waals surface area (Å²) in [5.74, 6) is 0.877. The molecule has 12 heteroatoms. The van der Waals surface area contributed by atoms with E-state index in [0.717, 1.165) is 28.3 Å². The van der Waals surface area contributed by atoms with Crippen molar-refractivity contribution in [3.63, 3.8) is 0 Å². The van der Waals surface area contributed by atoms with Crippen molar-refractivity contribution in [3.05, 3.63) is 99.6 Å². The van der Waals surface area contributed by atoms with Gasteiger partial charge in [-0.05, 0) is 68.0 Å². The molecule has 1 amide bonds. The van der Waals surface area contributed by atoms with Crippen LogP contribution in [0.25, 0.3) is 5.69 Å². The number of amides is 1. The summed E-state index contributed by atoms with van der Waals surface area (Å²) in [5, 5.41) is 18.5. The zero-order valence-electron chi connectivity index (χ0n) is 24.5. The van der Waals surface area contributed by atoms with Crippen molar-refractivity contribution >= 4 is 40.3 Å². The van der Waals surface area contributed by atoms with Crippen LogP contribution in [0.5, 0.6) is 11.5 Å². The Bertz CT molecular complexity index is 1710. The molecule has 1 fully saturated rings. The predicted octanol–water partition coefficient (Wildman–Crippen LogP) is 5.94. The van der Waals surface area contributed by atoms with E-state index in [4.69, 9.17) is 21.7 Å². The van der Waals surface area contributed by atoms with Crippen molar-refractivity contribution < 1.29 is 19.2 Å². The number of rotatable bonds is 9. The summed E-state index contributed by atoms with van der Waals surface area (Å²) < 4.78 is 13.2. The fourth-order valence-electron chi connectivity index (χ4n) is 5.55. The number of hydrogen-bond donors (Lipinski definition) is 2. The highest BCUT2D eigenvalue weighted by Crippen LogP contribution is 2.45. The zero-order valence-corrected chi connectivity index (χ0v) is 25.3. The van der Waals surface area contributed by atoms with E-state index in [9.17, 15) is 14.9 Å². The lowest BCUT2D eigenvalue weighted by atomic mass is 9.96. The number of nitro benzene ring substituents is 1. The molecule has 1 aliphatic heterocycles. The molecular formula is C31H32N6O5S. The van der Waals surface area contributed by atoms with Crippen LogP contribution in [0, 0.1) is 24.0 Å². The second kappa shape index (κ2) is 12.1. The molecule has 2 N–H and O–H groups in total. The van der Waals surface area contributed by atoms with E-state index >= 15 is 0 Å². The molecule has 2 aromatic carbocycles. The fourth-order valence-corrected chi connectivity index (χ4v) is 5.89. The lowest BCUT2D eigenvalue weighted by Gasteiger charge is -2.29. The predicted molar refractivity (Wildman–Crippen MR) is 168 cm³/mol. The molecule has 11 nitrogen and oxygen atoms in total. The smallest absolute Gasteiger partial charge is 0.271 e. The second-order valence-corrected chi connectivity index (χ2v) is 10.4. The minimum atomic E-state index is -0.420. The number of nitrogens with zero attached hydrogens (tertiary/aromatic N) is 4. The Kier molecular flexibility index (Phi) is 8.31. The van der Waals surface area contributed by atoms with Gasteiger partial charge in [-0.15, -0.1) is 0 Å². The highest BCUT2D eigenvalue weighted by atomic mass is 32.1. The third-order valence-corrected chi connectivity index (χ3v) is 7.87. The first-order valence-electron chi connectivity index (χ1n) is 13.7. The summed E-state index contributed by atoms with van der Waals surface area (Å²) in [6, 6.07) is 17.2. The Balaban J connectivity index is 1.68. The summed E-state index contributed by atoms with van der Waals surface area (Å²) in [5.41, 5.74) is 5.30. The minimum Gasteiger partial charge on any atom is -0.495 e. The lowest BCUT2D eigenvalue weighted by molar-refractivity contribution is -0.384. The van der Waals surface area contributed by atoms with E-state index in [-0.39, 0.29) is 23.7 Å². The quantitative estimate of drug-likeness (QED) is 0.136. The number of pyridine rings is 1. The molecule has 1 aliphatic rings. The molecule has 0 unspecified atom stereocenters. The van der Waals surface area contributed by atoms with Crippen LogP contribution in [0.15, 0.2) is 66.9 Å². The van der Waals surface area contributed by atoms with Gasteiger partial charge in [0.25, 0.3) is 5.69 Å². The van der Waals surface area contributed by atoms with Crippen molar-refractivity contribution in [2.45, 2.75) is 39.3 Å². The molecule has 222 valence electrons. The van der Waals surface area contributed by atoms with Gasteiger partial charge in [-0.1, -0.05) is 13.0 Å². The second-order valence-electron chi connectivity index (χ2n) is 10.1. The van der Waals surface area contributed by atoms with Gasteiger partial charge in [0.2, 0.25) is 5.91 Å². The molecule has 5 rings (SSSR count). The van der Waals surface area contributed by atoms with E-state index in [1.54, 1.807) is 32.4 Å². The maximum Gasteiger partial charge on any atom is 0.271 e. The lowest BCUT2D eigenvalue weighted by Crippen LogP contribution is -2.29. The van der Waals surface area contributed by atoms with Crippen LogP contribution < -0.4 is 25.0 Å². The number of nitro groups is 1. The molecule has 4 aromatic rings. The normalized spacial score (nSPS) is 16.1. The number of non-ortho nitro benzene ring substituents is 1. The molecule has 0 radical (unpaired) electrons. The van der Waals surface area contributed by atoms with Gasteiger partial charge in [0, 0.05) is 47.9 Å². The van der Waals surface area contributed by atoms with E-state index < -0.39 is 4.92 Å². The number of carbonyl (C=O) groups is 1.